The molecule has 0 fully saturated rings. The van der Waals surface area contributed by atoms with Gasteiger partial charge in [-0.1, -0.05) is 13.8 Å². The summed E-state index contributed by atoms with van der Waals surface area (Å²) >= 11 is 0. The highest BCUT2D eigenvalue weighted by molar-refractivity contribution is 7.92. The quantitative estimate of drug-likeness (QED) is 0.563. The van der Waals surface area contributed by atoms with Crippen LogP contribution in [0.15, 0.2) is 48.7 Å². The SMILES string of the molecule is CCS(=O)(=O)Nc1ccc(NC(=O)c2cnn(-c3ccc(F)cc3)c2C(C)C)cc1C. The molecule has 2 N–H and O–H groups in total. The Hall–Kier alpha value is -3.20. The monoisotopic (exact) mass is 444 g/mol. The number of nitrogens with one attached hydrogen (secondary N) is 2. The fraction of sp³-hybridized carbons (Fsp3) is 0.273. The van der Waals surface area contributed by atoms with Gasteiger partial charge in [-0.05, 0) is 67.8 Å². The van der Waals surface area contributed by atoms with Crippen LogP contribution in [-0.2, 0) is 10.0 Å². The Morgan fingerprint density at radius 2 is 1.84 bits per heavy atom. The summed E-state index contributed by atoms with van der Waals surface area (Å²) in [4.78, 5) is 13.0. The average Bonchev–Trinajstić information content (AvgIpc) is 3.16. The van der Waals surface area contributed by atoms with Gasteiger partial charge in [0, 0.05) is 5.69 Å². The second kappa shape index (κ2) is 8.89. The molecule has 1 amide bonds. The van der Waals surface area contributed by atoms with E-state index in [0.717, 1.165) is 0 Å². The number of aromatic nitrogens is 2. The van der Waals surface area contributed by atoms with Gasteiger partial charge in [-0.25, -0.2) is 17.5 Å². The molecule has 31 heavy (non-hydrogen) atoms. The molecule has 0 aliphatic rings. The van der Waals surface area contributed by atoms with Crippen LogP contribution in [-0.4, -0.2) is 29.9 Å². The van der Waals surface area contributed by atoms with E-state index in [2.05, 4.69) is 15.1 Å². The maximum absolute atomic E-state index is 13.3. The number of carbonyl (C=O) groups excluding carboxylic acids is 1. The lowest BCUT2D eigenvalue weighted by Crippen LogP contribution is -2.17. The van der Waals surface area contributed by atoms with Crippen molar-refractivity contribution in [2.75, 3.05) is 15.8 Å². The van der Waals surface area contributed by atoms with Crippen molar-refractivity contribution in [1.29, 1.82) is 0 Å². The maximum atomic E-state index is 13.3. The molecule has 7 nitrogen and oxygen atoms in total. The number of carbonyl (C=O) groups is 1. The highest BCUT2D eigenvalue weighted by Gasteiger charge is 2.21. The number of amides is 1. The van der Waals surface area contributed by atoms with Crippen molar-refractivity contribution < 1.29 is 17.6 Å². The summed E-state index contributed by atoms with van der Waals surface area (Å²) in [5.41, 5.74) is 3.45. The van der Waals surface area contributed by atoms with Crippen molar-refractivity contribution in [1.82, 2.24) is 9.78 Å². The Balaban J connectivity index is 1.87. The van der Waals surface area contributed by atoms with E-state index in [1.807, 2.05) is 13.8 Å². The first-order valence-electron chi connectivity index (χ1n) is 9.87. The topological polar surface area (TPSA) is 93.1 Å². The van der Waals surface area contributed by atoms with Crippen LogP contribution in [0.5, 0.6) is 0 Å². The zero-order valence-electron chi connectivity index (χ0n) is 17.8. The minimum Gasteiger partial charge on any atom is -0.322 e. The molecule has 0 aliphatic heterocycles. The predicted octanol–water partition coefficient (Wildman–Crippen LogP) is 4.46. The molecule has 1 aromatic heterocycles. The van der Waals surface area contributed by atoms with Gasteiger partial charge >= 0.3 is 0 Å². The summed E-state index contributed by atoms with van der Waals surface area (Å²) in [6, 6.07) is 10.9. The molecule has 0 bridgehead atoms. The fourth-order valence-corrected chi connectivity index (χ4v) is 3.88. The van der Waals surface area contributed by atoms with Gasteiger partial charge in [0.1, 0.15) is 5.82 Å². The van der Waals surface area contributed by atoms with Crippen molar-refractivity contribution in [3.63, 3.8) is 0 Å². The number of aryl methyl sites for hydroxylation is 1. The minimum absolute atomic E-state index is 0.0131. The lowest BCUT2D eigenvalue weighted by atomic mass is 10.0. The Morgan fingerprint density at radius 3 is 2.42 bits per heavy atom. The van der Waals surface area contributed by atoms with E-state index < -0.39 is 10.0 Å². The number of benzene rings is 2. The molecule has 0 unspecified atom stereocenters. The van der Waals surface area contributed by atoms with Crippen LogP contribution < -0.4 is 10.0 Å². The Labute approximate surface area is 181 Å². The molecular weight excluding hydrogens is 419 g/mol. The van der Waals surface area contributed by atoms with Crippen LogP contribution >= 0.6 is 0 Å². The summed E-state index contributed by atoms with van der Waals surface area (Å²) < 4.78 is 41.0. The van der Waals surface area contributed by atoms with Crippen molar-refractivity contribution in [2.45, 2.75) is 33.6 Å². The summed E-state index contributed by atoms with van der Waals surface area (Å²) in [5.74, 6) is -0.722. The molecule has 0 radical (unpaired) electrons. The Kier molecular flexibility index (Phi) is 6.45. The van der Waals surface area contributed by atoms with E-state index in [-0.39, 0.29) is 23.4 Å². The van der Waals surface area contributed by atoms with Gasteiger partial charge in [0.2, 0.25) is 10.0 Å². The standard InChI is InChI=1S/C22H25FN4O3S/c1-5-31(29,30)26-20-11-8-17(12-15(20)4)25-22(28)19-13-24-27(21(19)14(2)3)18-9-6-16(23)7-10-18/h6-14,26H,5H2,1-4H3,(H,25,28). The summed E-state index contributed by atoms with van der Waals surface area (Å²) in [6.07, 6.45) is 1.49. The van der Waals surface area contributed by atoms with Gasteiger partial charge in [0.15, 0.2) is 0 Å². The van der Waals surface area contributed by atoms with Crippen LogP contribution in [0.25, 0.3) is 5.69 Å². The molecule has 164 valence electrons. The van der Waals surface area contributed by atoms with Crippen molar-refractivity contribution in [3.05, 3.63) is 71.3 Å². The van der Waals surface area contributed by atoms with Crippen molar-refractivity contribution in [2.24, 2.45) is 0 Å². The molecule has 3 aromatic rings. The predicted molar refractivity (Wildman–Crippen MR) is 120 cm³/mol. The minimum atomic E-state index is -3.39. The van der Waals surface area contributed by atoms with E-state index in [4.69, 9.17) is 0 Å². The largest absolute Gasteiger partial charge is 0.322 e. The second-order valence-corrected chi connectivity index (χ2v) is 9.49. The molecule has 0 saturated carbocycles. The normalized spacial score (nSPS) is 11.5. The van der Waals surface area contributed by atoms with Crippen molar-refractivity contribution in [3.8, 4) is 5.69 Å². The maximum Gasteiger partial charge on any atom is 0.259 e. The second-order valence-electron chi connectivity index (χ2n) is 7.48. The lowest BCUT2D eigenvalue weighted by molar-refractivity contribution is 0.102. The van der Waals surface area contributed by atoms with E-state index in [0.29, 0.717) is 33.9 Å². The molecule has 2 aromatic carbocycles. The van der Waals surface area contributed by atoms with Crippen molar-refractivity contribution >= 4 is 27.3 Å². The molecule has 0 spiro atoms. The number of rotatable bonds is 7. The third-order valence-corrected chi connectivity index (χ3v) is 6.09. The van der Waals surface area contributed by atoms with Gasteiger partial charge in [0.25, 0.3) is 5.91 Å². The first-order valence-corrected chi connectivity index (χ1v) is 11.5. The van der Waals surface area contributed by atoms with E-state index in [1.54, 1.807) is 48.9 Å². The average molecular weight is 445 g/mol. The smallest absolute Gasteiger partial charge is 0.259 e. The summed E-state index contributed by atoms with van der Waals surface area (Å²) in [6.45, 7) is 7.22. The van der Waals surface area contributed by atoms with Crippen LogP contribution in [0.2, 0.25) is 0 Å². The van der Waals surface area contributed by atoms with E-state index >= 15 is 0 Å². The molecular formula is C22H25FN4O3S. The molecule has 1 heterocycles. The third-order valence-electron chi connectivity index (χ3n) is 4.80. The number of anilines is 2. The lowest BCUT2D eigenvalue weighted by Gasteiger charge is -2.14. The highest BCUT2D eigenvalue weighted by atomic mass is 32.2. The zero-order valence-corrected chi connectivity index (χ0v) is 18.6. The van der Waals surface area contributed by atoms with Gasteiger partial charge in [-0.15, -0.1) is 0 Å². The highest BCUT2D eigenvalue weighted by Crippen LogP contribution is 2.25. The summed E-state index contributed by atoms with van der Waals surface area (Å²) in [5, 5.41) is 7.18. The molecule has 0 atom stereocenters. The third kappa shape index (κ3) is 5.11. The summed E-state index contributed by atoms with van der Waals surface area (Å²) in [7, 11) is -3.39. The van der Waals surface area contributed by atoms with Crippen LogP contribution in [0.1, 0.15) is 48.3 Å². The first kappa shape index (κ1) is 22.5. The molecule has 0 saturated heterocycles. The van der Waals surface area contributed by atoms with Gasteiger partial charge in [-0.3, -0.25) is 9.52 Å². The fourth-order valence-electron chi connectivity index (χ4n) is 3.17. The van der Waals surface area contributed by atoms with Crippen LogP contribution in [0.4, 0.5) is 15.8 Å². The molecule has 0 aliphatic carbocycles. The Morgan fingerprint density at radius 1 is 1.16 bits per heavy atom. The van der Waals surface area contributed by atoms with Gasteiger partial charge in [0.05, 0.1) is 34.6 Å². The number of sulfonamides is 1. The molecule has 9 heteroatoms. The van der Waals surface area contributed by atoms with Gasteiger partial charge < -0.3 is 5.32 Å². The number of hydrogen-bond donors (Lipinski definition) is 2. The van der Waals surface area contributed by atoms with E-state index in [1.165, 1.54) is 18.3 Å². The molecule has 3 rings (SSSR count). The van der Waals surface area contributed by atoms with Gasteiger partial charge in [-0.2, -0.15) is 5.10 Å². The van der Waals surface area contributed by atoms with E-state index in [9.17, 15) is 17.6 Å². The van der Waals surface area contributed by atoms with Crippen LogP contribution in [0, 0.1) is 12.7 Å². The first-order chi connectivity index (χ1) is 14.6. The number of hydrogen-bond acceptors (Lipinski definition) is 4. The van der Waals surface area contributed by atoms with Crippen LogP contribution in [0.3, 0.4) is 0 Å². The Bertz CT molecular complexity index is 1200. The number of halogens is 1. The zero-order chi connectivity index (χ0) is 22.8. The number of nitrogens with zero attached hydrogens (tertiary/aromatic N) is 2.